The maximum atomic E-state index is 9.75. The van der Waals surface area contributed by atoms with Gasteiger partial charge in [0.15, 0.2) is 0 Å². The number of piperazine rings is 1. The molecule has 0 amide bonds. The quantitative estimate of drug-likeness (QED) is 0.896. The lowest BCUT2D eigenvalue weighted by Gasteiger charge is -2.42. The van der Waals surface area contributed by atoms with Crippen molar-refractivity contribution in [2.45, 2.75) is 18.5 Å². The summed E-state index contributed by atoms with van der Waals surface area (Å²) in [5.74, 6) is 0. The van der Waals surface area contributed by atoms with Crippen LogP contribution in [0.4, 0.5) is 0 Å². The largest absolute Gasteiger partial charge is 0.304 e. The lowest BCUT2D eigenvalue weighted by molar-refractivity contribution is 0.0810. The molecule has 20 heavy (non-hydrogen) atoms. The van der Waals surface area contributed by atoms with Gasteiger partial charge in [-0.15, -0.1) is 0 Å². The van der Waals surface area contributed by atoms with Gasteiger partial charge in [0.05, 0.1) is 6.07 Å². The van der Waals surface area contributed by atoms with E-state index in [9.17, 15) is 5.26 Å². The van der Waals surface area contributed by atoms with Gasteiger partial charge in [-0.3, -0.25) is 10.2 Å². The number of nitrogens with one attached hydrogen (secondary N) is 1. The number of hydrogen-bond donors (Lipinski definition) is 1. The molecule has 1 heterocycles. The van der Waals surface area contributed by atoms with Crippen LogP contribution in [-0.4, -0.2) is 56.1 Å². The molecule has 0 bridgehead atoms. The third-order valence-corrected chi connectivity index (χ3v) is 4.29. The standard InChI is InChI=1S/C16H24N4/c1-14-11-19(3)9-10-20(14)13-16(12-17,18-2)15-7-5-4-6-8-15/h4-8,14,18H,9-11,13H2,1-3H3. The van der Waals surface area contributed by atoms with Crippen molar-refractivity contribution in [3.8, 4) is 6.07 Å². The number of nitrogens with zero attached hydrogens (tertiary/aromatic N) is 3. The molecule has 0 saturated carbocycles. The van der Waals surface area contributed by atoms with Gasteiger partial charge in [0.1, 0.15) is 5.54 Å². The Labute approximate surface area is 122 Å². The molecule has 0 spiro atoms. The minimum atomic E-state index is -0.634. The predicted octanol–water partition coefficient (Wildman–Crippen LogP) is 1.26. The van der Waals surface area contributed by atoms with Gasteiger partial charge < -0.3 is 4.90 Å². The monoisotopic (exact) mass is 272 g/mol. The maximum Gasteiger partial charge on any atom is 0.144 e. The maximum absolute atomic E-state index is 9.75. The highest BCUT2D eigenvalue weighted by molar-refractivity contribution is 5.32. The number of hydrogen-bond acceptors (Lipinski definition) is 4. The van der Waals surface area contributed by atoms with Crippen LogP contribution in [0.15, 0.2) is 30.3 Å². The van der Waals surface area contributed by atoms with Gasteiger partial charge in [-0.05, 0) is 26.6 Å². The van der Waals surface area contributed by atoms with Gasteiger partial charge in [0, 0.05) is 32.2 Å². The molecule has 1 aliphatic rings. The van der Waals surface area contributed by atoms with E-state index in [0.717, 1.165) is 31.7 Å². The van der Waals surface area contributed by atoms with E-state index in [1.165, 1.54) is 0 Å². The molecule has 1 aromatic rings. The molecule has 2 atom stereocenters. The van der Waals surface area contributed by atoms with Crippen LogP contribution >= 0.6 is 0 Å². The molecule has 0 radical (unpaired) electrons. The summed E-state index contributed by atoms with van der Waals surface area (Å²) in [4.78, 5) is 4.75. The van der Waals surface area contributed by atoms with E-state index < -0.39 is 5.54 Å². The molecule has 1 saturated heterocycles. The lowest BCUT2D eigenvalue weighted by atomic mass is 9.90. The Kier molecular flexibility index (Phi) is 4.77. The molecule has 108 valence electrons. The third-order valence-electron chi connectivity index (χ3n) is 4.29. The van der Waals surface area contributed by atoms with Gasteiger partial charge in [0.2, 0.25) is 0 Å². The van der Waals surface area contributed by atoms with Crippen LogP contribution in [0.5, 0.6) is 0 Å². The summed E-state index contributed by atoms with van der Waals surface area (Å²) in [6, 6.07) is 13.0. The van der Waals surface area contributed by atoms with Gasteiger partial charge in [-0.2, -0.15) is 5.26 Å². The zero-order valence-electron chi connectivity index (χ0n) is 12.6. The first-order chi connectivity index (χ1) is 9.61. The van der Waals surface area contributed by atoms with Crippen molar-refractivity contribution in [2.24, 2.45) is 0 Å². The smallest absolute Gasteiger partial charge is 0.144 e. The van der Waals surface area contributed by atoms with E-state index >= 15 is 0 Å². The summed E-state index contributed by atoms with van der Waals surface area (Å²) < 4.78 is 0. The van der Waals surface area contributed by atoms with E-state index in [0.29, 0.717) is 6.04 Å². The molecule has 4 heteroatoms. The predicted molar refractivity (Wildman–Crippen MR) is 81.3 cm³/mol. The number of rotatable bonds is 4. The van der Waals surface area contributed by atoms with Crippen LogP contribution in [0, 0.1) is 11.3 Å². The lowest BCUT2D eigenvalue weighted by Crippen LogP contribution is -2.57. The second-order valence-electron chi connectivity index (χ2n) is 5.71. The summed E-state index contributed by atoms with van der Waals surface area (Å²) in [7, 11) is 4.03. The number of nitriles is 1. The first kappa shape index (κ1) is 15.0. The number of benzene rings is 1. The molecular weight excluding hydrogens is 248 g/mol. The first-order valence-electron chi connectivity index (χ1n) is 7.19. The fourth-order valence-corrected chi connectivity index (χ4v) is 2.91. The van der Waals surface area contributed by atoms with Crippen molar-refractivity contribution in [3.63, 3.8) is 0 Å². The van der Waals surface area contributed by atoms with E-state index in [1.807, 2.05) is 37.4 Å². The average molecular weight is 272 g/mol. The van der Waals surface area contributed by atoms with E-state index in [1.54, 1.807) is 0 Å². The minimum Gasteiger partial charge on any atom is -0.304 e. The highest BCUT2D eigenvalue weighted by Gasteiger charge is 2.35. The average Bonchev–Trinajstić information content (AvgIpc) is 2.48. The van der Waals surface area contributed by atoms with Crippen LogP contribution in [0.3, 0.4) is 0 Å². The van der Waals surface area contributed by atoms with Gasteiger partial charge in [-0.1, -0.05) is 30.3 Å². The second kappa shape index (κ2) is 6.36. The molecule has 1 aliphatic heterocycles. The normalized spacial score (nSPS) is 24.0. The minimum absolute atomic E-state index is 0.471. The Hall–Kier alpha value is -1.41. The van der Waals surface area contributed by atoms with E-state index in [4.69, 9.17) is 0 Å². The zero-order valence-corrected chi connectivity index (χ0v) is 12.6. The molecule has 1 fully saturated rings. The fourth-order valence-electron chi connectivity index (χ4n) is 2.91. The molecule has 0 aromatic heterocycles. The Balaban J connectivity index is 2.20. The molecule has 1 N–H and O–H groups in total. The molecular formula is C16H24N4. The van der Waals surface area contributed by atoms with Crippen molar-refractivity contribution in [1.29, 1.82) is 5.26 Å². The second-order valence-corrected chi connectivity index (χ2v) is 5.71. The van der Waals surface area contributed by atoms with Crippen molar-refractivity contribution in [1.82, 2.24) is 15.1 Å². The molecule has 4 nitrogen and oxygen atoms in total. The Morgan fingerprint density at radius 3 is 2.60 bits per heavy atom. The Morgan fingerprint density at radius 2 is 2.05 bits per heavy atom. The van der Waals surface area contributed by atoms with Crippen molar-refractivity contribution in [2.75, 3.05) is 40.3 Å². The van der Waals surface area contributed by atoms with Crippen LogP contribution < -0.4 is 5.32 Å². The fraction of sp³-hybridized carbons (Fsp3) is 0.562. The molecule has 0 aliphatic carbocycles. The van der Waals surface area contributed by atoms with Crippen molar-refractivity contribution >= 4 is 0 Å². The molecule has 2 unspecified atom stereocenters. The van der Waals surface area contributed by atoms with Crippen LogP contribution in [-0.2, 0) is 5.54 Å². The summed E-state index contributed by atoms with van der Waals surface area (Å²) in [5, 5.41) is 13.0. The number of likely N-dealkylation sites (N-methyl/N-ethyl adjacent to an activating group) is 2. The van der Waals surface area contributed by atoms with Gasteiger partial charge in [0.25, 0.3) is 0 Å². The van der Waals surface area contributed by atoms with Gasteiger partial charge >= 0.3 is 0 Å². The summed E-state index contributed by atoms with van der Waals surface area (Å²) in [5.41, 5.74) is 0.405. The third kappa shape index (κ3) is 3.01. The summed E-state index contributed by atoms with van der Waals surface area (Å²) in [6.45, 7) is 6.08. The van der Waals surface area contributed by atoms with E-state index in [2.05, 4.69) is 35.2 Å². The van der Waals surface area contributed by atoms with Gasteiger partial charge in [-0.25, -0.2) is 0 Å². The molecule has 1 aromatic carbocycles. The van der Waals surface area contributed by atoms with Crippen molar-refractivity contribution in [3.05, 3.63) is 35.9 Å². The molecule has 2 rings (SSSR count). The highest BCUT2D eigenvalue weighted by Crippen LogP contribution is 2.23. The Bertz CT molecular complexity index is 467. The topological polar surface area (TPSA) is 42.3 Å². The summed E-state index contributed by atoms with van der Waals surface area (Å²) >= 11 is 0. The van der Waals surface area contributed by atoms with E-state index in [-0.39, 0.29) is 0 Å². The van der Waals surface area contributed by atoms with Crippen LogP contribution in [0.2, 0.25) is 0 Å². The van der Waals surface area contributed by atoms with Crippen molar-refractivity contribution < 1.29 is 0 Å². The zero-order chi connectivity index (χ0) is 14.6. The highest BCUT2D eigenvalue weighted by atomic mass is 15.3. The SMILES string of the molecule is CNC(C#N)(CN1CCN(C)CC1C)c1ccccc1. The Morgan fingerprint density at radius 1 is 1.35 bits per heavy atom. The van der Waals surface area contributed by atoms with Crippen LogP contribution in [0.25, 0.3) is 0 Å². The van der Waals surface area contributed by atoms with Crippen LogP contribution in [0.1, 0.15) is 12.5 Å². The first-order valence-corrected chi connectivity index (χ1v) is 7.19. The summed E-state index contributed by atoms with van der Waals surface area (Å²) in [6.07, 6.45) is 0.